The van der Waals surface area contributed by atoms with Crippen LogP contribution in [0, 0.1) is 10.8 Å². The third-order valence-electron chi connectivity index (χ3n) is 7.11. The van der Waals surface area contributed by atoms with E-state index in [1.54, 1.807) is 36.4 Å². The molecule has 12 heteroatoms. The standard InChI is InChI=1S/C32H35ClF3N5O3/c1-4-20(2)21-9-11-22(12-10-21)29(38)41(16-15-32(34,35)36)31(43)40-19-27(37)25-14-13-23(30(42)44-3)17-28(25)39-18-24-7-5-6-8-26(24)33/h5-14,17,20,37-39H,4,15-16,18-19H2,1-3H3,(H,40,43). The van der Waals surface area contributed by atoms with Crippen molar-refractivity contribution in [3.8, 4) is 0 Å². The van der Waals surface area contributed by atoms with Crippen LogP contribution in [0.2, 0.25) is 5.02 Å². The summed E-state index contributed by atoms with van der Waals surface area (Å²) in [5.41, 5.74) is 2.92. The van der Waals surface area contributed by atoms with Gasteiger partial charge >= 0.3 is 18.2 Å². The van der Waals surface area contributed by atoms with E-state index in [1.165, 1.54) is 25.3 Å². The first kappa shape index (κ1) is 34.1. The van der Waals surface area contributed by atoms with Gasteiger partial charge in [0.1, 0.15) is 5.84 Å². The molecule has 0 heterocycles. The summed E-state index contributed by atoms with van der Waals surface area (Å²) in [6.45, 7) is 3.20. The van der Waals surface area contributed by atoms with Crippen LogP contribution in [-0.2, 0) is 11.3 Å². The van der Waals surface area contributed by atoms with E-state index in [-0.39, 0.29) is 35.8 Å². The fourth-order valence-corrected chi connectivity index (χ4v) is 4.50. The number of methoxy groups -OCH3 is 1. The Morgan fingerprint density at radius 1 is 1.02 bits per heavy atom. The van der Waals surface area contributed by atoms with Crippen molar-refractivity contribution in [1.82, 2.24) is 10.2 Å². The third-order valence-corrected chi connectivity index (χ3v) is 7.48. The molecule has 0 fully saturated rings. The second kappa shape index (κ2) is 15.4. The summed E-state index contributed by atoms with van der Waals surface area (Å²) in [6, 6.07) is 17.5. The van der Waals surface area contributed by atoms with Gasteiger partial charge in [-0.2, -0.15) is 13.2 Å². The van der Waals surface area contributed by atoms with E-state index >= 15 is 0 Å². The number of rotatable bonds is 12. The molecule has 3 rings (SSSR count). The zero-order chi connectivity index (χ0) is 32.4. The van der Waals surface area contributed by atoms with Crippen molar-refractivity contribution in [3.05, 3.63) is 99.6 Å². The monoisotopic (exact) mass is 629 g/mol. The highest BCUT2D eigenvalue weighted by atomic mass is 35.5. The highest BCUT2D eigenvalue weighted by molar-refractivity contribution is 6.31. The first-order valence-corrected chi connectivity index (χ1v) is 14.3. The number of ether oxygens (including phenoxy) is 1. The highest BCUT2D eigenvalue weighted by Gasteiger charge is 2.31. The van der Waals surface area contributed by atoms with Gasteiger partial charge in [-0.25, -0.2) is 9.59 Å². The van der Waals surface area contributed by atoms with Crippen molar-refractivity contribution in [1.29, 1.82) is 10.8 Å². The molecule has 0 spiro atoms. The molecule has 3 aromatic carbocycles. The van der Waals surface area contributed by atoms with Gasteiger partial charge in [-0.3, -0.25) is 10.3 Å². The summed E-state index contributed by atoms with van der Waals surface area (Å²) >= 11 is 6.27. The quantitative estimate of drug-likeness (QED) is 0.0937. The van der Waals surface area contributed by atoms with Crippen LogP contribution in [0.1, 0.15) is 65.2 Å². The third kappa shape index (κ3) is 9.31. The van der Waals surface area contributed by atoms with Crippen LogP contribution in [-0.4, -0.2) is 54.8 Å². The van der Waals surface area contributed by atoms with Crippen molar-refractivity contribution in [2.45, 2.75) is 45.3 Å². The Bertz CT molecular complexity index is 1500. The van der Waals surface area contributed by atoms with Crippen LogP contribution in [0.3, 0.4) is 0 Å². The van der Waals surface area contributed by atoms with E-state index in [0.29, 0.717) is 16.3 Å². The lowest BCUT2D eigenvalue weighted by Crippen LogP contribution is -2.46. The summed E-state index contributed by atoms with van der Waals surface area (Å²) in [7, 11) is 1.24. The minimum atomic E-state index is -4.55. The molecule has 0 aliphatic carbocycles. The maximum atomic E-state index is 13.2. The zero-order valence-electron chi connectivity index (χ0n) is 24.6. The predicted octanol–water partition coefficient (Wildman–Crippen LogP) is 7.61. The number of nitrogens with one attached hydrogen (secondary N) is 4. The van der Waals surface area contributed by atoms with Crippen LogP contribution < -0.4 is 10.6 Å². The number of alkyl halides is 3. The molecular formula is C32H35ClF3N5O3. The summed E-state index contributed by atoms with van der Waals surface area (Å²) in [5, 5.41) is 23.4. The number of benzene rings is 3. The molecule has 4 N–H and O–H groups in total. The van der Waals surface area contributed by atoms with Crippen LogP contribution in [0.4, 0.5) is 23.7 Å². The molecule has 0 aliphatic heterocycles. The van der Waals surface area contributed by atoms with Gasteiger partial charge in [0.05, 0.1) is 31.4 Å². The van der Waals surface area contributed by atoms with E-state index in [9.17, 15) is 22.8 Å². The summed E-state index contributed by atoms with van der Waals surface area (Å²) in [4.78, 5) is 26.0. The van der Waals surface area contributed by atoms with Gasteiger partial charge in [0.25, 0.3) is 0 Å². The molecule has 0 bridgehead atoms. The Hall–Kier alpha value is -4.38. The first-order chi connectivity index (χ1) is 20.8. The number of anilines is 1. The number of amidine groups is 1. The number of nitrogens with zero attached hydrogens (tertiary/aromatic N) is 1. The summed E-state index contributed by atoms with van der Waals surface area (Å²) in [6.07, 6.45) is -4.96. The number of urea groups is 1. The van der Waals surface area contributed by atoms with Gasteiger partial charge in [-0.1, -0.05) is 74.0 Å². The molecule has 44 heavy (non-hydrogen) atoms. The molecule has 0 aromatic heterocycles. The van der Waals surface area contributed by atoms with E-state index in [1.807, 2.05) is 26.0 Å². The Morgan fingerprint density at radius 3 is 2.30 bits per heavy atom. The van der Waals surface area contributed by atoms with Crippen molar-refractivity contribution >= 4 is 40.8 Å². The number of hydrogen-bond acceptors (Lipinski definition) is 6. The smallest absolute Gasteiger partial charge is 0.390 e. The van der Waals surface area contributed by atoms with E-state index in [0.717, 1.165) is 22.4 Å². The summed E-state index contributed by atoms with van der Waals surface area (Å²) < 4.78 is 44.2. The molecule has 3 aromatic rings. The van der Waals surface area contributed by atoms with E-state index < -0.39 is 37.0 Å². The minimum Gasteiger partial charge on any atom is -0.465 e. The predicted molar refractivity (Wildman–Crippen MR) is 166 cm³/mol. The van der Waals surface area contributed by atoms with E-state index in [4.69, 9.17) is 27.2 Å². The lowest BCUT2D eigenvalue weighted by Gasteiger charge is -2.25. The zero-order valence-corrected chi connectivity index (χ0v) is 25.4. The second-order valence-corrected chi connectivity index (χ2v) is 10.5. The normalized spacial score (nSPS) is 11.8. The highest BCUT2D eigenvalue weighted by Crippen LogP contribution is 2.24. The lowest BCUT2D eigenvalue weighted by molar-refractivity contribution is -0.135. The van der Waals surface area contributed by atoms with Gasteiger partial charge in [0.2, 0.25) is 0 Å². The average Bonchev–Trinajstić information content (AvgIpc) is 3.01. The Kier molecular flexibility index (Phi) is 11.9. The molecule has 1 atom stereocenters. The molecule has 1 unspecified atom stereocenters. The van der Waals surface area contributed by atoms with Crippen molar-refractivity contribution in [3.63, 3.8) is 0 Å². The van der Waals surface area contributed by atoms with Crippen molar-refractivity contribution in [2.75, 3.05) is 25.5 Å². The Labute approximate surface area is 259 Å². The molecular weight excluding hydrogens is 595 g/mol. The Balaban J connectivity index is 1.80. The fraction of sp³-hybridized carbons (Fsp3) is 0.312. The van der Waals surface area contributed by atoms with Crippen LogP contribution >= 0.6 is 11.6 Å². The number of hydrogen-bond donors (Lipinski definition) is 4. The molecule has 0 saturated carbocycles. The second-order valence-electron chi connectivity index (χ2n) is 10.1. The van der Waals surface area contributed by atoms with Gasteiger partial charge in [0.15, 0.2) is 0 Å². The van der Waals surface area contributed by atoms with Crippen LogP contribution in [0.15, 0.2) is 66.7 Å². The lowest BCUT2D eigenvalue weighted by atomic mass is 9.97. The van der Waals surface area contributed by atoms with Gasteiger partial charge in [0, 0.05) is 34.9 Å². The number of amides is 2. The molecule has 0 aliphatic rings. The van der Waals surface area contributed by atoms with Gasteiger partial charge < -0.3 is 20.8 Å². The van der Waals surface area contributed by atoms with Crippen molar-refractivity contribution in [2.24, 2.45) is 0 Å². The SMILES string of the molecule is CCC(C)c1ccc(C(=N)N(CCC(F)(F)F)C(=O)NCC(=N)c2ccc(C(=O)OC)cc2NCc2ccccc2Cl)cc1. The molecule has 8 nitrogen and oxygen atoms in total. The maximum Gasteiger partial charge on any atom is 0.390 e. The molecule has 234 valence electrons. The van der Waals surface area contributed by atoms with E-state index in [2.05, 4.69) is 10.6 Å². The van der Waals surface area contributed by atoms with Crippen molar-refractivity contribution < 1.29 is 27.5 Å². The fourth-order valence-electron chi connectivity index (χ4n) is 4.30. The number of carbonyl (C=O) groups excluding carboxylic acids is 2. The maximum absolute atomic E-state index is 13.2. The minimum absolute atomic E-state index is 0.0865. The number of carbonyl (C=O) groups is 2. The average molecular weight is 630 g/mol. The molecule has 0 saturated heterocycles. The molecule has 0 radical (unpaired) electrons. The largest absolute Gasteiger partial charge is 0.465 e. The van der Waals surface area contributed by atoms with Gasteiger partial charge in [-0.05, 0) is 41.7 Å². The van der Waals surface area contributed by atoms with Crippen LogP contribution in [0.25, 0.3) is 0 Å². The Morgan fingerprint density at radius 2 is 1.68 bits per heavy atom. The topological polar surface area (TPSA) is 118 Å². The number of esters is 1. The number of halogens is 4. The first-order valence-electron chi connectivity index (χ1n) is 13.9. The summed E-state index contributed by atoms with van der Waals surface area (Å²) in [5.74, 6) is -0.716. The van der Waals surface area contributed by atoms with Gasteiger partial charge in [-0.15, -0.1) is 0 Å². The van der Waals surface area contributed by atoms with Crippen LogP contribution in [0.5, 0.6) is 0 Å². The molecule has 2 amide bonds.